The summed E-state index contributed by atoms with van der Waals surface area (Å²) in [6, 6.07) is 20.9. The minimum Gasteiger partial charge on any atom is -0.352 e. The molecule has 0 saturated heterocycles. The molecule has 0 aliphatic rings. The van der Waals surface area contributed by atoms with E-state index in [9.17, 15) is 18.0 Å². The molecule has 214 valence electrons. The quantitative estimate of drug-likeness (QED) is 0.272. The van der Waals surface area contributed by atoms with Crippen molar-refractivity contribution in [3.8, 4) is 0 Å². The number of amides is 2. The molecule has 0 aliphatic heterocycles. The van der Waals surface area contributed by atoms with Crippen molar-refractivity contribution in [2.45, 2.75) is 52.2 Å². The minimum atomic E-state index is -3.87. The van der Waals surface area contributed by atoms with Crippen molar-refractivity contribution in [3.05, 3.63) is 99.0 Å². The molecule has 0 aliphatic carbocycles. The summed E-state index contributed by atoms with van der Waals surface area (Å²) < 4.78 is 27.8. The second kappa shape index (κ2) is 14.1. The van der Waals surface area contributed by atoms with Crippen LogP contribution in [0.5, 0.6) is 0 Å². The van der Waals surface area contributed by atoms with Crippen LogP contribution in [0.15, 0.2) is 77.3 Å². The molecule has 2 amide bonds. The molecule has 1 N–H and O–H groups in total. The van der Waals surface area contributed by atoms with Crippen LogP contribution in [0, 0.1) is 6.92 Å². The van der Waals surface area contributed by atoms with Gasteiger partial charge in [-0.2, -0.15) is 0 Å². The van der Waals surface area contributed by atoms with Crippen LogP contribution < -0.4 is 9.62 Å². The summed E-state index contributed by atoms with van der Waals surface area (Å²) in [6.45, 7) is 5.21. The van der Waals surface area contributed by atoms with Crippen molar-refractivity contribution in [2.24, 2.45) is 0 Å². The van der Waals surface area contributed by atoms with E-state index in [1.165, 1.54) is 4.90 Å². The normalized spacial score (nSPS) is 12.8. The standard InChI is InChI=1S/C30H35BrClN3O4S/c1-5-21(2)33-30(37)28(18-23-10-7-6-8-11-23)34(19-24-14-16-25(31)17-15-24)29(36)20-35(40(4,38)39)27-13-9-12-26(32)22(27)3/h6-17,21,28H,5,18-20H2,1-4H3,(H,33,37)/t21-,28+/m1/s1. The van der Waals surface area contributed by atoms with Crippen LogP contribution in [-0.4, -0.2) is 50.0 Å². The fourth-order valence-corrected chi connectivity index (χ4v) is 5.58. The van der Waals surface area contributed by atoms with E-state index >= 15 is 0 Å². The van der Waals surface area contributed by atoms with E-state index < -0.39 is 28.5 Å². The van der Waals surface area contributed by atoms with E-state index in [2.05, 4.69) is 21.2 Å². The zero-order valence-electron chi connectivity index (χ0n) is 23.1. The van der Waals surface area contributed by atoms with Gasteiger partial charge in [0, 0.05) is 28.5 Å². The van der Waals surface area contributed by atoms with Crippen molar-refractivity contribution in [1.82, 2.24) is 10.2 Å². The third kappa shape index (κ3) is 8.56. The highest BCUT2D eigenvalue weighted by Gasteiger charge is 2.33. The van der Waals surface area contributed by atoms with Gasteiger partial charge in [-0.15, -0.1) is 0 Å². The molecule has 2 atom stereocenters. The highest BCUT2D eigenvalue weighted by Crippen LogP contribution is 2.28. The summed E-state index contributed by atoms with van der Waals surface area (Å²) in [7, 11) is -3.87. The van der Waals surface area contributed by atoms with E-state index in [0.29, 0.717) is 16.3 Å². The first-order valence-corrected chi connectivity index (χ1v) is 16.0. The molecule has 0 aromatic heterocycles. The zero-order chi connectivity index (χ0) is 29.4. The average molecular weight is 649 g/mol. The molecule has 0 fully saturated rings. The van der Waals surface area contributed by atoms with Gasteiger partial charge in [0.25, 0.3) is 0 Å². The third-order valence-electron chi connectivity index (χ3n) is 6.73. The molecule has 10 heteroatoms. The molecule has 0 radical (unpaired) electrons. The maximum atomic E-state index is 14.1. The number of anilines is 1. The van der Waals surface area contributed by atoms with Crippen molar-refractivity contribution in [1.29, 1.82) is 0 Å². The van der Waals surface area contributed by atoms with Gasteiger partial charge >= 0.3 is 0 Å². The van der Waals surface area contributed by atoms with E-state index in [1.807, 2.05) is 68.4 Å². The van der Waals surface area contributed by atoms with Gasteiger partial charge in [0.15, 0.2) is 0 Å². The fraction of sp³-hybridized carbons (Fsp3) is 0.333. The lowest BCUT2D eigenvalue weighted by atomic mass is 10.0. The average Bonchev–Trinajstić information content (AvgIpc) is 2.91. The number of nitrogens with one attached hydrogen (secondary N) is 1. The molecule has 3 aromatic rings. The lowest BCUT2D eigenvalue weighted by Gasteiger charge is -2.34. The van der Waals surface area contributed by atoms with Crippen molar-refractivity contribution in [2.75, 3.05) is 17.1 Å². The number of rotatable bonds is 12. The van der Waals surface area contributed by atoms with Gasteiger partial charge in [0.1, 0.15) is 12.6 Å². The fourth-order valence-electron chi connectivity index (χ4n) is 4.24. The van der Waals surface area contributed by atoms with Gasteiger partial charge in [-0.1, -0.05) is 83.0 Å². The summed E-state index contributed by atoms with van der Waals surface area (Å²) in [4.78, 5) is 29.3. The maximum absolute atomic E-state index is 14.1. The molecule has 0 heterocycles. The second-order valence-electron chi connectivity index (χ2n) is 9.83. The van der Waals surface area contributed by atoms with Crippen LogP contribution in [-0.2, 0) is 32.6 Å². The Morgan fingerprint density at radius 2 is 1.62 bits per heavy atom. The monoisotopic (exact) mass is 647 g/mol. The van der Waals surface area contributed by atoms with E-state index in [4.69, 9.17) is 11.6 Å². The second-order valence-corrected chi connectivity index (χ2v) is 13.1. The highest BCUT2D eigenvalue weighted by atomic mass is 79.9. The first kappa shape index (κ1) is 31.6. The van der Waals surface area contributed by atoms with Gasteiger partial charge in [-0.3, -0.25) is 13.9 Å². The smallest absolute Gasteiger partial charge is 0.244 e. The van der Waals surface area contributed by atoms with Crippen molar-refractivity contribution in [3.63, 3.8) is 0 Å². The Morgan fingerprint density at radius 1 is 0.975 bits per heavy atom. The van der Waals surface area contributed by atoms with E-state index in [1.54, 1.807) is 25.1 Å². The van der Waals surface area contributed by atoms with Crippen LogP contribution in [0.25, 0.3) is 0 Å². The Balaban J connectivity index is 2.08. The number of sulfonamides is 1. The first-order chi connectivity index (χ1) is 18.9. The number of hydrogen-bond donors (Lipinski definition) is 1. The Kier molecular flexibility index (Phi) is 11.2. The molecule has 0 spiro atoms. The van der Waals surface area contributed by atoms with Gasteiger partial charge < -0.3 is 10.2 Å². The largest absolute Gasteiger partial charge is 0.352 e. The minimum absolute atomic E-state index is 0.1000. The van der Waals surface area contributed by atoms with Crippen LogP contribution in [0.2, 0.25) is 5.02 Å². The number of hydrogen-bond acceptors (Lipinski definition) is 4. The Bertz CT molecular complexity index is 1420. The third-order valence-corrected chi connectivity index (χ3v) is 8.79. The number of carbonyl (C=O) groups excluding carboxylic acids is 2. The predicted octanol–water partition coefficient (Wildman–Crippen LogP) is 5.73. The van der Waals surface area contributed by atoms with Gasteiger partial charge in [-0.25, -0.2) is 8.42 Å². The van der Waals surface area contributed by atoms with Crippen LogP contribution >= 0.6 is 27.5 Å². The van der Waals surface area contributed by atoms with Crippen LogP contribution in [0.3, 0.4) is 0 Å². The molecule has 0 bridgehead atoms. The van der Waals surface area contributed by atoms with Gasteiger partial charge in [0.2, 0.25) is 21.8 Å². The Hall–Kier alpha value is -2.88. The van der Waals surface area contributed by atoms with Gasteiger partial charge in [-0.05, 0) is 61.2 Å². The van der Waals surface area contributed by atoms with Crippen molar-refractivity contribution >= 4 is 55.1 Å². The number of benzene rings is 3. The summed E-state index contributed by atoms with van der Waals surface area (Å²) in [5, 5.41) is 3.41. The summed E-state index contributed by atoms with van der Waals surface area (Å²) >= 11 is 9.73. The van der Waals surface area contributed by atoms with Gasteiger partial charge in [0.05, 0.1) is 11.9 Å². The van der Waals surface area contributed by atoms with E-state index in [-0.39, 0.29) is 24.9 Å². The number of halogens is 2. The number of carbonyl (C=O) groups is 2. The Labute approximate surface area is 250 Å². The summed E-state index contributed by atoms with van der Waals surface area (Å²) in [5.41, 5.74) is 2.54. The number of nitrogens with zero attached hydrogens (tertiary/aromatic N) is 2. The van der Waals surface area contributed by atoms with E-state index in [0.717, 1.165) is 32.6 Å². The lowest BCUT2D eigenvalue weighted by Crippen LogP contribution is -2.54. The highest BCUT2D eigenvalue weighted by molar-refractivity contribution is 9.10. The summed E-state index contributed by atoms with van der Waals surface area (Å²) in [6.07, 6.45) is 2.04. The Morgan fingerprint density at radius 3 is 2.23 bits per heavy atom. The molecule has 3 rings (SSSR count). The topological polar surface area (TPSA) is 86.8 Å². The molecule has 3 aromatic carbocycles. The maximum Gasteiger partial charge on any atom is 0.244 e. The summed E-state index contributed by atoms with van der Waals surface area (Å²) in [5.74, 6) is -0.804. The molecule has 0 saturated carbocycles. The zero-order valence-corrected chi connectivity index (χ0v) is 26.3. The lowest BCUT2D eigenvalue weighted by molar-refractivity contribution is -0.140. The molecular formula is C30H35BrClN3O4S. The molecular weight excluding hydrogens is 614 g/mol. The molecule has 40 heavy (non-hydrogen) atoms. The predicted molar refractivity (Wildman–Crippen MR) is 165 cm³/mol. The van der Waals surface area contributed by atoms with Crippen LogP contribution in [0.1, 0.15) is 37.0 Å². The first-order valence-electron chi connectivity index (χ1n) is 13.0. The van der Waals surface area contributed by atoms with Crippen LogP contribution in [0.4, 0.5) is 5.69 Å². The SMILES string of the molecule is CC[C@@H](C)NC(=O)[C@H](Cc1ccccc1)N(Cc1ccc(Br)cc1)C(=O)CN(c1cccc(Cl)c1C)S(C)(=O)=O. The molecule has 7 nitrogen and oxygen atoms in total. The van der Waals surface area contributed by atoms with Crippen molar-refractivity contribution < 1.29 is 18.0 Å². The molecule has 0 unspecified atom stereocenters.